The number of piperazine rings is 1. The molecule has 186 valence electrons. The van der Waals surface area contributed by atoms with E-state index in [-0.39, 0.29) is 51.6 Å². The van der Waals surface area contributed by atoms with Gasteiger partial charge in [-0.25, -0.2) is 18.9 Å². The molecule has 1 amide bonds. The first-order chi connectivity index (χ1) is 15.9. The first kappa shape index (κ1) is 26.2. The Bertz CT molecular complexity index is 1070. The summed E-state index contributed by atoms with van der Waals surface area (Å²) < 4.78 is 36.9. The van der Waals surface area contributed by atoms with E-state index < -0.39 is 20.7 Å². The summed E-state index contributed by atoms with van der Waals surface area (Å²) in [5, 5.41) is 9.19. The van der Waals surface area contributed by atoms with Crippen LogP contribution in [0.25, 0.3) is 11.1 Å². The van der Waals surface area contributed by atoms with Crippen molar-refractivity contribution >= 4 is 34.2 Å². The van der Waals surface area contributed by atoms with Crippen LogP contribution < -0.4 is 15.1 Å². The Kier molecular flexibility index (Phi) is 8.37. The second-order valence-corrected chi connectivity index (χ2v) is 10.3. The van der Waals surface area contributed by atoms with Crippen molar-refractivity contribution in [2.45, 2.75) is 17.6 Å². The molecule has 0 bridgehead atoms. The maximum Gasteiger partial charge on any atom is 0.266 e. The number of methoxy groups -OCH3 is 1. The number of pyridine rings is 1. The van der Waals surface area contributed by atoms with E-state index >= 15 is 0 Å². The van der Waals surface area contributed by atoms with Gasteiger partial charge in [-0.1, -0.05) is 12.1 Å². The van der Waals surface area contributed by atoms with Crippen LogP contribution in [0.1, 0.15) is 12.8 Å². The number of amides is 1. The molecule has 10 nitrogen and oxygen atoms in total. The predicted octanol–water partition coefficient (Wildman–Crippen LogP) is 1.69. The van der Waals surface area contributed by atoms with Crippen molar-refractivity contribution in [1.29, 1.82) is 0 Å². The zero-order valence-electron chi connectivity index (χ0n) is 18.8. The van der Waals surface area contributed by atoms with Gasteiger partial charge in [0, 0.05) is 64.0 Å². The SMILES string of the molecule is COc1ccc(-c2ccc(N3CCN(S(=O)(=O)C4(C(=O)NO)CCOCC4)CC3)nc2)cc1.Cl. The van der Waals surface area contributed by atoms with E-state index in [0.29, 0.717) is 13.1 Å². The molecule has 2 aromatic rings. The lowest BCUT2D eigenvalue weighted by Gasteiger charge is -2.41. The van der Waals surface area contributed by atoms with Crippen LogP contribution in [0.5, 0.6) is 5.75 Å². The van der Waals surface area contributed by atoms with Crippen LogP contribution in [0.15, 0.2) is 42.6 Å². The van der Waals surface area contributed by atoms with Gasteiger partial charge < -0.3 is 14.4 Å². The first-order valence-corrected chi connectivity index (χ1v) is 12.2. The molecule has 1 aromatic carbocycles. The average Bonchev–Trinajstić information content (AvgIpc) is 2.88. The van der Waals surface area contributed by atoms with E-state index in [4.69, 9.17) is 9.47 Å². The van der Waals surface area contributed by atoms with Crippen LogP contribution >= 0.6 is 12.4 Å². The number of hydroxylamine groups is 1. The molecular weight excluding hydrogens is 484 g/mol. The highest BCUT2D eigenvalue weighted by atomic mass is 35.5. The summed E-state index contributed by atoms with van der Waals surface area (Å²) in [6.07, 6.45) is 1.81. The molecule has 0 radical (unpaired) electrons. The minimum Gasteiger partial charge on any atom is -0.497 e. The fraction of sp³-hybridized carbons (Fsp3) is 0.455. The minimum absolute atomic E-state index is 0. The molecule has 0 aliphatic carbocycles. The quantitative estimate of drug-likeness (QED) is 0.443. The summed E-state index contributed by atoms with van der Waals surface area (Å²) in [5.74, 6) is 0.650. The number of anilines is 1. The van der Waals surface area contributed by atoms with Crippen molar-refractivity contribution in [1.82, 2.24) is 14.8 Å². The summed E-state index contributed by atoms with van der Waals surface area (Å²) in [5.41, 5.74) is 3.55. The van der Waals surface area contributed by atoms with Crippen LogP contribution in [-0.2, 0) is 19.6 Å². The third kappa shape index (κ3) is 4.84. The Morgan fingerprint density at radius 2 is 1.68 bits per heavy atom. The smallest absolute Gasteiger partial charge is 0.266 e. The summed E-state index contributed by atoms with van der Waals surface area (Å²) in [4.78, 5) is 19.0. The van der Waals surface area contributed by atoms with Crippen LogP contribution in [0.3, 0.4) is 0 Å². The number of benzene rings is 1. The van der Waals surface area contributed by atoms with Gasteiger partial charge >= 0.3 is 0 Å². The van der Waals surface area contributed by atoms with Crippen molar-refractivity contribution in [3.63, 3.8) is 0 Å². The highest BCUT2D eigenvalue weighted by molar-refractivity contribution is 7.91. The molecule has 2 N–H and O–H groups in total. The van der Waals surface area contributed by atoms with Crippen molar-refractivity contribution in [3.8, 4) is 16.9 Å². The van der Waals surface area contributed by atoms with Gasteiger partial charge in [0.05, 0.1) is 7.11 Å². The third-order valence-electron chi connectivity index (χ3n) is 6.38. The van der Waals surface area contributed by atoms with Crippen molar-refractivity contribution in [3.05, 3.63) is 42.6 Å². The number of halogens is 1. The molecule has 0 spiro atoms. The maximum absolute atomic E-state index is 13.4. The summed E-state index contributed by atoms with van der Waals surface area (Å²) in [7, 11) is -2.36. The molecule has 12 heteroatoms. The Labute approximate surface area is 205 Å². The number of rotatable bonds is 6. The number of nitrogens with one attached hydrogen (secondary N) is 1. The zero-order valence-corrected chi connectivity index (χ0v) is 20.5. The first-order valence-electron chi connectivity index (χ1n) is 10.8. The number of nitrogens with zero attached hydrogens (tertiary/aromatic N) is 3. The molecule has 1 aromatic heterocycles. The second kappa shape index (κ2) is 10.9. The van der Waals surface area contributed by atoms with Gasteiger partial charge in [-0.3, -0.25) is 10.0 Å². The normalized spacial score (nSPS) is 18.6. The van der Waals surface area contributed by atoms with E-state index in [1.807, 2.05) is 41.3 Å². The molecule has 3 heterocycles. The Morgan fingerprint density at radius 1 is 1.06 bits per heavy atom. The van der Waals surface area contributed by atoms with Gasteiger partial charge in [0.2, 0.25) is 10.0 Å². The van der Waals surface area contributed by atoms with Crippen LogP contribution in [0.4, 0.5) is 5.82 Å². The highest BCUT2D eigenvalue weighted by Gasteiger charge is 2.54. The summed E-state index contributed by atoms with van der Waals surface area (Å²) in [6.45, 7) is 1.65. The number of aromatic nitrogens is 1. The fourth-order valence-electron chi connectivity index (χ4n) is 4.34. The van der Waals surface area contributed by atoms with Gasteiger partial charge in [-0.05, 0) is 29.8 Å². The van der Waals surface area contributed by atoms with Crippen LogP contribution in [-0.4, -0.2) is 80.1 Å². The Morgan fingerprint density at radius 3 is 2.21 bits per heavy atom. The Hall–Kier alpha value is -2.44. The maximum atomic E-state index is 13.4. The molecule has 2 aliphatic rings. The summed E-state index contributed by atoms with van der Waals surface area (Å²) >= 11 is 0. The topological polar surface area (TPSA) is 121 Å². The van der Waals surface area contributed by atoms with Gasteiger partial charge in [0.25, 0.3) is 5.91 Å². The number of ether oxygens (including phenoxy) is 2. The summed E-state index contributed by atoms with van der Waals surface area (Å²) in [6, 6.07) is 11.6. The van der Waals surface area contributed by atoms with Gasteiger partial charge in [-0.15, -0.1) is 12.4 Å². The third-order valence-corrected chi connectivity index (χ3v) is 9.01. The fourth-order valence-corrected chi connectivity index (χ4v) is 6.44. The molecule has 0 atom stereocenters. The van der Waals surface area contributed by atoms with Crippen molar-refractivity contribution in [2.24, 2.45) is 0 Å². The zero-order chi connectivity index (χ0) is 23.5. The number of carbonyl (C=O) groups is 1. The van der Waals surface area contributed by atoms with E-state index in [1.165, 1.54) is 4.31 Å². The Balaban J connectivity index is 0.00000324. The van der Waals surface area contributed by atoms with Crippen LogP contribution in [0.2, 0.25) is 0 Å². The lowest BCUT2D eigenvalue weighted by Crippen LogP contribution is -2.62. The molecule has 34 heavy (non-hydrogen) atoms. The van der Waals surface area contributed by atoms with E-state index in [9.17, 15) is 18.4 Å². The number of carbonyl (C=O) groups excluding carboxylic acids is 1. The highest BCUT2D eigenvalue weighted by Crippen LogP contribution is 2.34. The number of hydrogen-bond donors (Lipinski definition) is 2. The van der Waals surface area contributed by atoms with Crippen molar-refractivity contribution < 1.29 is 27.9 Å². The molecule has 4 rings (SSSR count). The molecule has 2 aliphatic heterocycles. The molecule has 2 fully saturated rings. The van der Waals surface area contributed by atoms with Gasteiger partial charge in [0.1, 0.15) is 11.6 Å². The lowest BCUT2D eigenvalue weighted by molar-refractivity contribution is -0.134. The second-order valence-electron chi connectivity index (χ2n) is 8.07. The number of hydrogen-bond acceptors (Lipinski definition) is 8. The largest absolute Gasteiger partial charge is 0.497 e. The predicted molar refractivity (Wildman–Crippen MR) is 129 cm³/mol. The van der Waals surface area contributed by atoms with E-state index in [1.54, 1.807) is 18.8 Å². The monoisotopic (exact) mass is 512 g/mol. The van der Waals surface area contributed by atoms with E-state index in [2.05, 4.69) is 4.98 Å². The molecule has 2 saturated heterocycles. The van der Waals surface area contributed by atoms with Crippen LogP contribution in [0, 0.1) is 0 Å². The number of sulfonamides is 1. The minimum atomic E-state index is -3.99. The van der Waals surface area contributed by atoms with Gasteiger partial charge in [-0.2, -0.15) is 4.31 Å². The molecule has 0 saturated carbocycles. The molecular formula is C22H29ClN4O6S. The standard InChI is InChI=1S/C22H28N4O6S.ClH/c1-31-19-5-2-17(3-6-19)18-4-7-20(23-16-18)25-10-12-26(13-11-25)33(29,30)22(21(27)24-28)8-14-32-15-9-22;/h2-7,16,28H,8-15H2,1H3,(H,24,27);1H. The average molecular weight is 513 g/mol. The van der Waals surface area contributed by atoms with Gasteiger partial charge in [0.15, 0.2) is 4.75 Å². The molecule has 0 unspecified atom stereocenters. The lowest BCUT2D eigenvalue weighted by atomic mass is 9.98. The van der Waals surface area contributed by atoms with E-state index in [0.717, 1.165) is 22.7 Å². The van der Waals surface area contributed by atoms with Crippen molar-refractivity contribution in [2.75, 3.05) is 51.4 Å².